The number of phosphoric ester groups is 1. The van der Waals surface area contributed by atoms with Crippen molar-refractivity contribution in [3.63, 3.8) is 0 Å². The third-order valence-electron chi connectivity index (χ3n) is 4.97. The van der Waals surface area contributed by atoms with Crippen LogP contribution in [0.5, 0.6) is 0 Å². The Kier molecular flexibility index (Phi) is 10.4. The lowest BCUT2D eigenvalue weighted by molar-refractivity contribution is -0.481. The second kappa shape index (κ2) is 10.8. The van der Waals surface area contributed by atoms with E-state index in [4.69, 9.17) is 14.9 Å². The first-order valence-electron chi connectivity index (χ1n) is 9.33. The van der Waals surface area contributed by atoms with Gasteiger partial charge in [-0.25, -0.2) is 8.96 Å². The van der Waals surface area contributed by atoms with Crippen molar-refractivity contribution >= 4 is 7.82 Å². The van der Waals surface area contributed by atoms with Crippen molar-refractivity contribution in [2.24, 2.45) is 0 Å². The van der Waals surface area contributed by atoms with Gasteiger partial charge in [0.25, 0.3) is 0 Å². The highest BCUT2D eigenvalue weighted by Gasteiger charge is 3.00. The SMILES string of the molecule is O=P(O)(O)OCC(O)CC(F)(F)C(F)(F)C(F)(F)C(F)(F)C(F)(F)C(F)(F)C(F)(F)C(F)(F)C(F)(C(F)(F)F)C(F)(F)F. The monoisotopic (exact) mass is 724 g/mol. The molecule has 5 nitrogen and oxygen atoms in total. The van der Waals surface area contributed by atoms with Gasteiger partial charge in [-0.3, -0.25) is 4.52 Å². The summed E-state index contributed by atoms with van der Waals surface area (Å²) in [5.74, 6) is -72.1. The molecule has 0 aliphatic carbocycles. The van der Waals surface area contributed by atoms with Gasteiger partial charge in [-0.05, 0) is 0 Å². The molecule has 0 aliphatic rings. The van der Waals surface area contributed by atoms with Crippen molar-refractivity contribution in [2.45, 2.75) is 77.9 Å². The zero-order valence-electron chi connectivity index (χ0n) is 18.8. The van der Waals surface area contributed by atoms with Gasteiger partial charge in [-0.1, -0.05) is 0 Å². The van der Waals surface area contributed by atoms with Crippen LogP contribution in [0.1, 0.15) is 6.42 Å². The molecule has 0 heterocycles. The molecule has 1 unspecified atom stereocenters. The van der Waals surface area contributed by atoms with E-state index < -0.39 is 92.4 Å². The molecule has 0 bridgehead atoms. The minimum Gasteiger partial charge on any atom is -0.390 e. The van der Waals surface area contributed by atoms with Gasteiger partial charge in [-0.2, -0.15) is 96.6 Å². The van der Waals surface area contributed by atoms with Crippen LogP contribution in [-0.4, -0.2) is 93.0 Å². The minimum atomic E-state index is -9.59. The normalized spacial score (nSPS) is 17.3. The van der Waals surface area contributed by atoms with E-state index in [-0.39, 0.29) is 0 Å². The first-order valence-corrected chi connectivity index (χ1v) is 10.9. The fourth-order valence-electron chi connectivity index (χ4n) is 2.61. The number of aliphatic hydroxyl groups is 1. The summed E-state index contributed by atoms with van der Waals surface area (Å²) in [7, 11) is -5.83. The van der Waals surface area contributed by atoms with Gasteiger partial charge >= 0.3 is 73.2 Å². The summed E-state index contributed by atoms with van der Waals surface area (Å²) in [4.78, 5) is 16.4. The second-order valence-electron chi connectivity index (χ2n) is 8.02. The maximum Gasteiger partial charge on any atom is 0.469 e. The fraction of sp³-hybridized carbons (Fsp3) is 1.00. The van der Waals surface area contributed by atoms with Crippen molar-refractivity contribution in [2.75, 3.05) is 6.61 Å². The zero-order chi connectivity index (χ0) is 35.7. The van der Waals surface area contributed by atoms with E-state index in [1.54, 1.807) is 0 Å². The van der Waals surface area contributed by atoms with Crippen molar-refractivity contribution in [1.82, 2.24) is 0 Å². The summed E-state index contributed by atoms with van der Waals surface area (Å²) in [6.45, 7) is -2.31. The predicted molar refractivity (Wildman–Crippen MR) is 84.1 cm³/mol. The van der Waals surface area contributed by atoms with Crippen molar-refractivity contribution < 1.29 is 125 Å². The molecule has 43 heavy (non-hydrogen) atoms. The average molecular weight is 724 g/mol. The quantitative estimate of drug-likeness (QED) is 0.145. The van der Waals surface area contributed by atoms with Crippen LogP contribution in [-0.2, 0) is 9.09 Å². The highest BCUT2D eigenvalue weighted by atomic mass is 31.2. The molecule has 0 aromatic heterocycles. The van der Waals surface area contributed by atoms with E-state index in [9.17, 15) is 106 Å². The summed E-state index contributed by atoms with van der Waals surface area (Å²) >= 11 is 0. The highest BCUT2D eigenvalue weighted by molar-refractivity contribution is 7.46. The third kappa shape index (κ3) is 6.05. The summed E-state index contributed by atoms with van der Waals surface area (Å²) in [5.41, 5.74) is -9.10. The molecule has 0 saturated heterocycles. The molecule has 0 spiro atoms. The van der Waals surface area contributed by atoms with E-state index in [0.717, 1.165) is 0 Å². The average Bonchev–Trinajstić information content (AvgIpc) is 2.73. The molecular formula is C14H8F23O5P. The van der Waals surface area contributed by atoms with E-state index in [1.165, 1.54) is 0 Å². The summed E-state index contributed by atoms with van der Waals surface area (Å²) in [5, 5.41) is 8.89. The molecule has 0 saturated carbocycles. The van der Waals surface area contributed by atoms with E-state index in [1.807, 2.05) is 0 Å². The molecule has 29 heteroatoms. The van der Waals surface area contributed by atoms with Gasteiger partial charge in [0.2, 0.25) is 0 Å². The van der Waals surface area contributed by atoms with E-state index in [2.05, 4.69) is 4.52 Å². The van der Waals surface area contributed by atoms with Crippen LogP contribution in [0.2, 0.25) is 0 Å². The maximum atomic E-state index is 13.7. The minimum absolute atomic E-state index is 2.31. The van der Waals surface area contributed by atoms with Gasteiger partial charge in [-0.15, -0.1) is 0 Å². The second-order valence-corrected chi connectivity index (χ2v) is 9.26. The molecule has 0 aliphatic heterocycles. The van der Waals surface area contributed by atoms with Crippen LogP contribution in [0, 0.1) is 0 Å². The van der Waals surface area contributed by atoms with Crippen LogP contribution in [0.15, 0.2) is 0 Å². The van der Waals surface area contributed by atoms with Crippen LogP contribution in [0.4, 0.5) is 101 Å². The van der Waals surface area contributed by atoms with E-state index >= 15 is 0 Å². The lowest BCUT2D eigenvalue weighted by atomic mass is 9.82. The number of hydrogen-bond donors (Lipinski definition) is 3. The smallest absolute Gasteiger partial charge is 0.390 e. The third-order valence-corrected chi connectivity index (χ3v) is 5.45. The van der Waals surface area contributed by atoms with Crippen molar-refractivity contribution in [1.29, 1.82) is 0 Å². The van der Waals surface area contributed by atoms with Gasteiger partial charge in [0, 0.05) is 6.42 Å². The van der Waals surface area contributed by atoms with E-state index in [0.29, 0.717) is 0 Å². The molecular weight excluding hydrogens is 716 g/mol. The lowest BCUT2D eigenvalue weighted by Gasteiger charge is -2.46. The zero-order valence-corrected chi connectivity index (χ0v) is 19.7. The topological polar surface area (TPSA) is 87.0 Å². The first-order chi connectivity index (χ1) is 18.1. The molecule has 0 amide bonds. The molecule has 3 N–H and O–H groups in total. The van der Waals surface area contributed by atoms with Crippen molar-refractivity contribution in [3.8, 4) is 0 Å². The van der Waals surface area contributed by atoms with Gasteiger partial charge < -0.3 is 14.9 Å². The standard InChI is InChI=1S/C14H8F23O5P/c15-4(16,1-3(38)2-42-43(39,40)41)6(18,19)8(22,23)10(26,27)12(30,31)11(28,29)9(24,25)7(20,21)5(17,13(32,33)34)14(35,36)37/h3,38H,1-2H2,(H2,39,40,41). The van der Waals surface area contributed by atoms with Crippen LogP contribution < -0.4 is 0 Å². The lowest BCUT2D eigenvalue weighted by Crippen LogP contribution is -2.79. The fourth-order valence-corrected chi connectivity index (χ4v) is 2.98. The molecule has 0 aromatic rings. The Balaban J connectivity index is 7.10. The summed E-state index contributed by atoms with van der Waals surface area (Å²) in [6, 6.07) is 0. The molecule has 1 atom stereocenters. The van der Waals surface area contributed by atoms with Gasteiger partial charge in [0.1, 0.15) is 0 Å². The molecule has 0 fully saturated rings. The highest BCUT2D eigenvalue weighted by Crippen LogP contribution is 2.68. The Morgan fingerprint density at radius 2 is 0.744 bits per heavy atom. The molecule has 0 rings (SSSR count). The summed E-state index contributed by atoms with van der Waals surface area (Å²) in [6.07, 6.45) is -24.3. The molecule has 0 aromatic carbocycles. The largest absolute Gasteiger partial charge is 0.469 e. The van der Waals surface area contributed by atoms with Crippen LogP contribution in [0.3, 0.4) is 0 Å². The van der Waals surface area contributed by atoms with Crippen molar-refractivity contribution in [3.05, 3.63) is 0 Å². The van der Waals surface area contributed by atoms with Gasteiger partial charge in [0.15, 0.2) is 0 Å². The van der Waals surface area contributed by atoms with Gasteiger partial charge in [0.05, 0.1) is 12.7 Å². The number of hydrogen-bond acceptors (Lipinski definition) is 3. The Labute approximate surface area is 218 Å². The number of alkyl halides is 23. The summed E-state index contributed by atoms with van der Waals surface area (Å²) < 4.78 is 320. The Hall–Kier alpha value is -1.54. The Bertz CT molecular complexity index is 1030. The molecule has 0 radical (unpaired) electrons. The van der Waals surface area contributed by atoms with Crippen LogP contribution in [0.25, 0.3) is 0 Å². The number of aliphatic hydroxyl groups excluding tert-OH is 1. The first kappa shape index (κ1) is 41.5. The Morgan fingerprint density at radius 1 is 0.488 bits per heavy atom. The molecule has 260 valence electrons. The van der Waals surface area contributed by atoms with Crippen LogP contribution >= 0.6 is 7.82 Å². The maximum absolute atomic E-state index is 13.7. The number of rotatable bonds is 13. The predicted octanol–water partition coefficient (Wildman–Crippen LogP) is 6.76. The number of phosphoric acid groups is 1. The Morgan fingerprint density at radius 3 is 1.00 bits per heavy atom. The number of halogens is 23.